The van der Waals surface area contributed by atoms with Gasteiger partial charge in [0.25, 0.3) is 0 Å². The monoisotopic (exact) mass is 254 g/mol. The Morgan fingerprint density at radius 1 is 1.29 bits per heavy atom. The first-order valence-electron chi connectivity index (χ1n) is 6.35. The number of hydrogen-bond acceptors (Lipinski definition) is 2. The normalized spacial score (nSPS) is 10.9. The third-order valence-electron chi connectivity index (χ3n) is 3.35. The predicted octanol–water partition coefficient (Wildman–Crippen LogP) is 3.47. The van der Waals surface area contributed by atoms with E-state index in [4.69, 9.17) is 17.3 Å². The minimum Gasteiger partial charge on any atom is -0.372 e. The number of nitrogens with two attached hydrogens (primary N) is 1. The van der Waals surface area contributed by atoms with Crippen LogP contribution in [-0.2, 0) is 6.42 Å². The second-order valence-corrected chi connectivity index (χ2v) is 4.80. The fourth-order valence-electron chi connectivity index (χ4n) is 2.16. The SMILES string of the molecule is CCC(CC)N(C)c1ccc(CCN)c(Cl)c1. The van der Waals surface area contributed by atoms with Crippen molar-refractivity contribution >= 4 is 17.3 Å². The van der Waals surface area contributed by atoms with Crippen LogP contribution < -0.4 is 10.6 Å². The van der Waals surface area contributed by atoms with E-state index in [0.29, 0.717) is 12.6 Å². The van der Waals surface area contributed by atoms with Crippen LogP contribution in [0, 0.1) is 0 Å². The van der Waals surface area contributed by atoms with Gasteiger partial charge in [0, 0.05) is 23.8 Å². The average molecular weight is 255 g/mol. The van der Waals surface area contributed by atoms with Gasteiger partial charge < -0.3 is 10.6 Å². The number of benzene rings is 1. The summed E-state index contributed by atoms with van der Waals surface area (Å²) in [5.74, 6) is 0. The van der Waals surface area contributed by atoms with E-state index in [-0.39, 0.29) is 0 Å². The molecule has 0 amide bonds. The highest BCUT2D eigenvalue weighted by atomic mass is 35.5. The molecule has 1 aromatic carbocycles. The molecular weight excluding hydrogens is 232 g/mol. The van der Waals surface area contributed by atoms with Gasteiger partial charge in [0.15, 0.2) is 0 Å². The zero-order valence-corrected chi connectivity index (χ0v) is 11.8. The van der Waals surface area contributed by atoms with Crippen LogP contribution in [0.3, 0.4) is 0 Å². The molecule has 0 aliphatic heterocycles. The van der Waals surface area contributed by atoms with Crippen LogP contribution in [0.4, 0.5) is 5.69 Å². The minimum absolute atomic E-state index is 0.575. The van der Waals surface area contributed by atoms with E-state index in [9.17, 15) is 0 Å². The lowest BCUT2D eigenvalue weighted by molar-refractivity contribution is 0.591. The molecule has 96 valence electrons. The second-order valence-electron chi connectivity index (χ2n) is 4.40. The van der Waals surface area contributed by atoms with E-state index in [1.54, 1.807) is 0 Å². The Kier molecular flexibility index (Phi) is 5.79. The first kappa shape index (κ1) is 14.3. The Hall–Kier alpha value is -0.730. The van der Waals surface area contributed by atoms with Crippen molar-refractivity contribution in [1.82, 2.24) is 0 Å². The lowest BCUT2D eigenvalue weighted by atomic mass is 10.1. The summed E-state index contributed by atoms with van der Waals surface area (Å²) >= 11 is 6.26. The number of rotatable bonds is 6. The van der Waals surface area contributed by atoms with Gasteiger partial charge in [0.1, 0.15) is 0 Å². The van der Waals surface area contributed by atoms with Gasteiger partial charge in [-0.1, -0.05) is 31.5 Å². The highest BCUT2D eigenvalue weighted by molar-refractivity contribution is 6.31. The Bertz CT molecular complexity index is 348. The highest BCUT2D eigenvalue weighted by Crippen LogP contribution is 2.25. The molecule has 0 fully saturated rings. The molecule has 0 heterocycles. The van der Waals surface area contributed by atoms with Crippen LogP contribution in [0.25, 0.3) is 0 Å². The minimum atomic E-state index is 0.575. The van der Waals surface area contributed by atoms with Crippen LogP contribution in [0.5, 0.6) is 0 Å². The fourth-order valence-corrected chi connectivity index (χ4v) is 2.43. The van der Waals surface area contributed by atoms with Gasteiger partial charge in [-0.3, -0.25) is 0 Å². The summed E-state index contributed by atoms with van der Waals surface area (Å²) in [6.45, 7) is 5.07. The van der Waals surface area contributed by atoms with Gasteiger partial charge >= 0.3 is 0 Å². The largest absolute Gasteiger partial charge is 0.372 e. The summed E-state index contributed by atoms with van der Waals surface area (Å²) in [5.41, 5.74) is 7.87. The molecule has 0 aliphatic carbocycles. The molecule has 0 aliphatic rings. The molecule has 2 N–H and O–H groups in total. The van der Waals surface area contributed by atoms with Crippen molar-refractivity contribution in [2.24, 2.45) is 5.73 Å². The Labute approximate surface area is 110 Å². The summed E-state index contributed by atoms with van der Waals surface area (Å²) in [6, 6.07) is 6.84. The lowest BCUT2D eigenvalue weighted by Crippen LogP contribution is -2.30. The van der Waals surface area contributed by atoms with E-state index in [1.807, 2.05) is 6.07 Å². The molecule has 0 spiro atoms. The molecule has 2 nitrogen and oxygen atoms in total. The Morgan fingerprint density at radius 3 is 2.41 bits per heavy atom. The van der Waals surface area contributed by atoms with Gasteiger partial charge in [0.2, 0.25) is 0 Å². The van der Waals surface area contributed by atoms with Crippen molar-refractivity contribution in [2.45, 2.75) is 39.2 Å². The van der Waals surface area contributed by atoms with Crippen molar-refractivity contribution in [3.05, 3.63) is 28.8 Å². The third kappa shape index (κ3) is 3.62. The molecule has 1 aromatic rings. The van der Waals surface area contributed by atoms with Crippen LogP contribution in [-0.4, -0.2) is 19.6 Å². The first-order valence-corrected chi connectivity index (χ1v) is 6.73. The highest BCUT2D eigenvalue weighted by Gasteiger charge is 2.12. The maximum Gasteiger partial charge on any atom is 0.0459 e. The summed E-state index contributed by atoms with van der Waals surface area (Å²) in [5, 5.41) is 0.825. The standard InChI is InChI=1S/C14H23ClN2/c1-4-12(5-2)17(3)13-7-6-11(8-9-16)14(15)10-13/h6-7,10,12H,4-5,8-9,16H2,1-3H3. The zero-order valence-electron chi connectivity index (χ0n) is 11.0. The third-order valence-corrected chi connectivity index (χ3v) is 3.70. The number of anilines is 1. The molecule has 0 radical (unpaired) electrons. The van der Waals surface area contributed by atoms with Crippen LogP contribution in [0.2, 0.25) is 5.02 Å². The lowest BCUT2D eigenvalue weighted by Gasteiger charge is -2.28. The van der Waals surface area contributed by atoms with E-state index < -0.39 is 0 Å². The van der Waals surface area contributed by atoms with Gasteiger partial charge in [-0.25, -0.2) is 0 Å². The first-order chi connectivity index (χ1) is 8.13. The van der Waals surface area contributed by atoms with Crippen LogP contribution in [0.1, 0.15) is 32.3 Å². The average Bonchev–Trinajstić information content (AvgIpc) is 2.33. The number of nitrogens with zero attached hydrogens (tertiary/aromatic N) is 1. The second kappa shape index (κ2) is 6.87. The molecule has 17 heavy (non-hydrogen) atoms. The topological polar surface area (TPSA) is 29.3 Å². The maximum absolute atomic E-state index is 6.26. The summed E-state index contributed by atoms with van der Waals surface area (Å²) in [7, 11) is 2.13. The quantitative estimate of drug-likeness (QED) is 0.842. The Balaban J connectivity index is 2.88. The van der Waals surface area contributed by atoms with Gasteiger partial charge in [-0.05, 0) is 43.5 Å². The smallest absolute Gasteiger partial charge is 0.0459 e. The van der Waals surface area contributed by atoms with Crippen LogP contribution in [0.15, 0.2) is 18.2 Å². The van der Waals surface area contributed by atoms with E-state index >= 15 is 0 Å². The zero-order chi connectivity index (χ0) is 12.8. The van der Waals surface area contributed by atoms with Gasteiger partial charge in [-0.15, -0.1) is 0 Å². The van der Waals surface area contributed by atoms with E-state index in [0.717, 1.165) is 29.8 Å². The van der Waals surface area contributed by atoms with Crippen molar-refractivity contribution in [1.29, 1.82) is 0 Å². The molecule has 0 bridgehead atoms. The van der Waals surface area contributed by atoms with Crippen molar-refractivity contribution < 1.29 is 0 Å². The van der Waals surface area contributed by atoms with Gasteiger partial charge in [0.05, 0.1) is 0 Å². The molecular formula is C14H23ClN2. The summed E-state index contributed by atoms with van der Waals surface area (Å²) in [4.78, 5) is 2.30. The molecule has 0 saturated heterocycles. The molecule has 0 unspecified atom stereocenters. The van der Waals surface area contributed by atoms with Crippen molar-refractivity contribution in [3.63, 3.8) is 0 Å². The fraction of sp³-hybridized carbons (Fsp3) is 0.571. The molecule has 3 heteroatoms. The maximum atomic E-state index is 6.26. The van der Waals surface area contributed by atoms with Crippen molar-refractivity contribution in [3.8, 4) is 0 Å². The molecule has 0 saturated carbocycles. The number of hydrogen-bond donors (Lipinski definition) is 1. The van der Waals surface area contributed by atoms with E-state index in [1.165, 1.54) is 5.69 Å². The number of halogens is 1. The summed E-state index contributed by atoms with van der Waals surface area (Å²) in [6.07, 6.45) is 3.14. The summed E-state index contributed by atoms with van der Waals surface area (Å²) < 4.78 is 0. The molecule has 0 atom stereocenters. The predicted molar refractivity (Wildman–Crippen MR) is 77.0 cm³/mol. The van der Waals surface area contributed by atoms with Crippen molar-refractivity contribution in [2.75, 3.05) is 18.5 Å². The van der Waals surface area contributed by atoms with Gasteiger partial charge in [-0.2, -0.15) is 0 Å². The van der Waals surface area contributed by atoms with E-state index in [2.05, 4.69) is 37.9 Å². The molecule has 1 rings (SSSR count). The Morgan fingerprint density at radius 2 is 1.94 bits per heavy atom. The van der Waals surface area contributed by atoms with Crippen LogP contribution >= 0.6 is 11.6 Å². The molecule has 0 aromatic heterocycles.